The summed E-state index contributed by atoms with van der Waals surface area (Å²) in [6.07, 6.45) is 0. The number of imide groups is 1. The normalized spacial score (nSPS) is 12.9. The standard InChI is InChI=1S/C28H15ClN2O5/c29-21-10-7-17(25-30-22-13-16(8-11-24(22)36-25)15-4-2-1-3-5-15)14-23(21)31-26(32)19-9-6-18(28(34)35)12-20(19)27(31)33/h1-14H,(H,34,35). The van der Waals surface area contributed by atoms with Gasteiger partial charge in [0.2, 0.25) is 5.89 Å². The number of aromatic nitrogens is 1. The third kappa shape index (κ3) is 3.45. The largest absolute Gasteiger partial charge is 0.478 e. The van der Waals surface area contributed by atoms with Crippen LogP contribution in [-0.4, -0.2) is 27.9 Å². The molecule has 0 saturated carbocycles. The third-order valence-electron chi connectivity index (χ3n) is 6.06. The summed E-state index contributed by atoms with van der Waals surface area (Å²) in [4.78, 5) is 43.0. The molecule has 0 aliphatic carbocycles. The molecule has 0 atom stereocenters. The Morgan fingerprint density at radius 3 is 2.33 bits per heavy atom. The van der Waals surface area contributed by atoms with E-state index < -0.39 is 17.8 Å². The number of carboxylic acids is 1. The first-order valence-electron chi connectivity index (χ1n) is 10.9. The Morgan fingerprint density at radius 2 is 1.56 bits per heavy atom. The first kappa shape index (κ1) is 21.8. The molecule has 1 N–H and O–H groups in total. The second kappa shape index (κ2) is 8.18. The van der Waals surface area contributed by atoms with E-state index in [0.29, 0.717) is 22.6 Å². The summed E-state index contributed by atoms with van der Waals surface area (Å²) in [5.74, 6) is -2.13. The molecule has 1 aliphatic heterocycles. The Kier molecular flexibility index (Phi) is 4.94. The van der Waals surface area contributed by atoms with Gasteiger partial charge in [0, 0.05) is 5.56 Å². The summed E-state index contributed by atoms with van der Waals surface area (Å²) in [5.41, 5.74) is 4.00. The van der Waals surface area contributed by atoms with Crippen LogP contribution < -0.4 is 4.90 Å². The van der Waals surface area contributed by atoms with E-state index in [1.807, 2.05) is 48.5 Å². The van der Waals surface area contributed by atoms with Gasteiger partial charge in [0.15, 0.2) is 5.58 Å². The Morgan fingerprint density at radius 1 is 0.806 bits per heavy atom. The number of carboxylic acid groups (broad SMARTS) is 1. The van der Waals surface area contributed by atoms with Crippen LogP contribution in [0.1, 0.15) is 31.1 Å². The second-order valence-corrected chi connectivity index (χ2v) is 8.65. The van der Waals surface area contributed by atoms with Gasteiger partial charge in [-0.1, -0.05) is 48.0 Å². The van der Waals surface area contributed by atoms with Gasteiger partial charge in [-0.25, -0.2) is 14.7 Å². The maximum atomic E-state index is 13.1. The highest BCUT2D eigenvalue weighted by Gasteiger charge is 2.38. The molecule has 1 aliphatic rings. The van der Waals surface area contributed by atoms with Gasteiger partial charge in [0.05, 0.1) is 27.4 Å². The summed E-state index contributed by atoms with van der Waals surface area (Å²) < 4.78 is 5.95. The van der Waals surface area contributed by atoms with Crippen LogP contribution in [0.15, 0.2) is 89.3 Å². The van der Waals surface area contributed by atoms with Crippen molar-refractivity contribution in [1.29, 1.82) is 0 Å². The molecule has 7 nitrogen and oxygen atoms in total. The molecule has 0 unspecified atom stereocenters. The highest BCUT2D eigenvalue weighted by Crippen LogP contribution is 2.37. The molecular formula is C28H15ClN2O5. The maximum absolute atomic E-state index is 13.1. The monoisotopic (exact) mass is 494 g/mol. The van der Waals surface area contributed by atoms with Gasteiger partial charge in [-0.3, -0.25) is 9.59 Å². The molecule has 1 aromatic heterocycles. The van der Waals surface area contributed by atoms with Crippen molar-refractivity contribution in [2.75, 3.05) is 4.90 Å². The number of carbonyl (C=O) groups excluding carboxylic acids is 2. The minimum absolute atomic E-state index is 0.0108. The van der Waals surface area contributed by atoms with Gasteiger partial charge in [-0.15, -0.1) is 0 Å². The topological polar surface area (TPSA) is 101 Å². The van der Waals surface area contributed by atoms with Crippen LogP contribution in [0.25, 0.3) is 33.7 Å². The minimum atomic E-state index is -1.19. The van der Waals surface area contributed by atoms with Crippen LogP contribution in [0.2, 0.25) is 5.02 Å². The average Bonchev–Trinajstić information content (AvgIpc) is 3.43. The molecule has 2 amide bonds. The van der Waals surface area contributed by atoms with Gasteiger partial charge in [0.1, 0.15) is 5.52 Å². The molecule has 0 fully saturated rings. The van der Waals surface area contributed by atoms with E-state index in [9.17, 15) is 19.5 Å². The molecule has 8 heteroatoms. The molecule has 2 heterocycles. The minimum Gasteiger partial charge on any atom is -0.478 e. The summed E-state index contributed by atoms with van der Waals surface area (Å²) in [6, 6.07) is 24.2. The summed E-state index contributed by atoms with van der Waals surface area (Å²) in [5, 5.41) is 9.43. The van der Waals surface area contributed by atoms with Crippen molar-refractivity contribution in [3.8, 4) is 22.6 Å². The first-order valence-corrected chi connectivity index (χ1v) is 11.3. The molecule has 0 saturated heterocycles. The number of hydrogen-bond acceptors (Lipinski definition) is 5. The third-order valence-corrected chi connectivity index (χ3v) is 6.38. The Labute approximate surface area is 209 Å². The van der Waals surface area contributed by atoms with Crippen LogP contribution in [0, 0.1) is 0 Å². The van der Waals surface area contributed by atoms with Crippen LogP contribution in [-0.2, 0) is 0 Å². The molecular weight excluding hydrogens is 480 g/mol. The van der Waals surface area contributed by atoms with E-state index in [-0.39, 0.29) is 27.4 Å². The van der Waals surface area contributed by atoms with Crippen LogP contribution >= 0.6 is 11.6 Å². The van der Waals surface area contributed by atoms with E-state index >= 15 is 0 Å². The lowest BCUT2D eigenvalue weighted by atomic mass is 10.1. The molecule has 6 rings (SSSR count). The van der Waals surface area contributed by atoms with Crippen molar-refractivity contribution in [2.24, 2.45) is 0 Å². The van der Waals surface area contributed by atoms with Crippen molar-refractivity contribution in [3.05, 3.63) is 107 Å². The van der Waals surface area contributed by atoms with Gasteiger partial charge in [-0.2, -0.15) is 0 Å². The highest BCUT2D eigenvalue weighted by molar-refractivity contribution is 6.40. The van der Waals surface area contributed by atoms with E-state index in [1.165, 1.54) is 18.2 Å². The zero-order valence-electron chi connectivity index (χ0n) is 18.4. The SMILES string of the molecule is O=C(O)c1ccc2c(c1)C(=O)N(c1cc(-c3nc4cc(-c5ccccc5)ccc4o3)ccc1Cl)C2=O. The van der Waals surface area contributed by atoms with Gasteiger partial charge >= 0.3 is 5.97 Å². The maximum Gasteiger partial charge on any atom is 0.335 e. The zero-order valence-corrected chi connectivity index (χ0v) is 19.2. The van der Waals surface area contributed by atoms with Crippen LogP contribution in [0.5, 0.6) is 0 Å². The molecule has 174 valence electrons. The number of benzene rings is 4. The molecule has 0 radical (unpaired) electrons. The predicted octanol–water partition coefficient (Wildman–Crippen LogP) is 6.31. The second-order valence-electron chi connectivity index (χ2n) is 8.24. The van der Waals surface area contributed by atoms with Crippen molar-refractivity contribution >= 4 is 46.2 Å². The van der Waals surface area contributed by atoms with E-state index in [4.69, 9.17) is 16.0 Å². The van der Waals surface area contributed by atoms with Gasteiger partial charge in [-0.05, 0) is 59.7 Å². The number of aromatic carboxylic acids is 1. The molecule has 36 heavy (non-hydrogen) atoms. The smallest absolute Gasteiger partial charge is 0.335 e. The molecule has 4 aromatic carbocycles. The number of carbonyl (C=O) groups is 3. The van der Waals surface area contributed by atoms with Crippen molar-refractivity contribution in [2.45, 2.75) is 0 Å². The number of halogens is 1. The van der Waals surface area contributed by atoms with Crippen LogP contribution in [0.3, 0.4) is 0 Å². The molecule has 0 spiro atoms. The van der Waals surface area contributed by atoms with Crippen LogP contribution in [0.4, 0.5) is 5.69 Å². The summed E-state index contributed by atoms with van der Waals surface area (Å²) in [7, 11) is 0. The first-order chi connectivity index (χ1) is 17.4. The summed E-state index contributed by atoms with van der Waals surface area (Å²) in [6.45, 7) is 0. The molecule has 5 aromatic rings. The number of amides is 2. The average molecular weight is 495 g/mol. The number of rotatable bonds is 4. The number of fused-ring (bicyclic) bond motifs is 2. The lowest BCUT2D eigenvalue weighted by Gasteiger charge is -2.16. The Balaban J connectivity index is 1.39. The Bertz CT molecular complexity index is 1730. The van der Waals surface area contributed by atoms with Crippen molar-refractivity contribution in [3.63, 3.8) is 0 Å². The highest BCUT2D eigenvalue weighted by atomic mass is 35.5. The Hall–Kier alpha value is -4.75. The van der Waals surface area contributed by atoms with Crippen molar-refractivity contribution < 1.29 is 23.9 Å². The fourth-order valence-corrected chi connectivity index (χ4v) is 4.47. The van der Waals surface area contributed by atoms with Gasteiger partial charge in [0.25, 0.3) is 11.8 Å². The van der Waals surface area contributed by atoms with E-state index in [2.05, 4.69) is 4.98 Å². The number of hydrogen-bond donors (Lipinski definition) is 1. The fourth-order valence-electron chi connectivity index (χ4n) is 4.27. The van der Waals surface area contributed by atoms with Crippen molar-refractivity contribution in [1.82, 2.24) is 4.98 Å². The lowest BCUT2D eigenvalue weighted by Crippen LogP contribution is -2.29. The summed E-state index contributed by atoms with van der Waals surface area (Å²) >= 11 is 6.40. The quantitative estimate of drug-likeness (QED) is 0.294. The molecule has 0 bridgehead atoms. The van der Waals surface area contributed by atoms with Gasteiger partial charge < -0.3 is 9.52 Å². The fraction of sp³-hybridized carbons (Fsp3) is 0. The number of nitrogens with zero attached hydrogens (tertiary/aromatic N) is 2. The van der Waals surface area contributed by atoms with E-state index in [0.717, 1.165) is 16.0 Å². The zero-order chi connectivity index (χ0) is 25.0. The lowest BCUT2D eigenvalue weighted by molar-refractivity contribution is 0.0696. The number of anilines is 1. The predicted molar refractivity (Wildman–Crippen MR) is 134 cm³/mol. The van der Waals surface area contributed by atoms with E-state index in [1.54, 1.807) is 18.2 Å². The number of oxazole rings is 1.